The molecule has 1 aromatic carbocycles. The molecule has 0 spiro atoms. The number of unbranched alkanes of at least 4 members (excludes halogenated alkanes) is 5. The minimum atomic E-state index is 0.764. The molecule has 1 aromatic heterocycles. The van der Waals surface area contributed by atoms with Crippen LogP contribution in [0.5, 0.6) is 5.75 Å². The third-order valence-electron chi connectivity index (χ3n) is 3.57. The van der Waals surface area contributed by atoms with Crippen molar-refractivity contribution in [3.63, 3.8) is 0 Å². The number of fused-ring (bicyclic) bond motifs is 1. The number of benzene rings is 1. The van der Waals surface area contributed by atoms with Gasteiger partial charge in [0.25, 0.3) is 0 Å². The maximum atomic E-state index is 5.96. The summed E-state index contributed by atoms with van der Waals surface area (Å²) in [5.41, 5.74) is 6.74. The molecule has 0 unspecified atom stereocenters. The summed E-state index contributed by atoms with van der Waals surface area (Å²) >= 11 is 0. The molecule has 0 aliphatic heterocycles. The lowest BCUT2D eigenvalue weighted by atomic mass is 10.1. The van der Waals surface area contributed by atoms with Gasteiger partial charge in [-0.15, -0.1) is 0 Å². The van der Waals surface area contributed by atoms with Crippen LogP contribution in [0.25, 0.3) is 10.8 Å². The predicted molar refractivity (Wildman–Crippen MR) is 85.0 cm³/mol. The van der Waals surface area contributed by atoms with Gasteiger partial charge in [-0.1, -0.05) is 39.0 Å². The lowest BCUT2D eigenvalue weighted by molar-refractivity contribution is 0.308. The average Bonchev–Trinajstić information content (AvgIpc) is 2.49. The first-order valence-electron chi connectivity index (χ1n) is 7.58. The van der Waals surface area contributed by atoms with Gasteiger partial charge in [0.1, 0.15) is 5.75 Å². The number of anilines is 1. The molecule has 0 aliphatic rings. The zero-order valence-corrected chi connectivity index (χ0v) is 12.3. The van der Waals surface area contributed by atoms with Crippen LogP contribution >= 0.6 is 0 Å². The van der Waals surface area contributed by atoms with E-state index in [2.05, 4.69) is 11.9 Å². The molecule has 2 rings (SSSR count). The summed E-state index contributed by atoms with van der Waals surface area (Å²) in [7, 11) is 0. The molecule has 0 radical (unpaired) electrons. The lowest BCUT2D eigenvalue weighted by Gasteiger charge is -2.10. The van der Waals surface area contributed by atoms with Crippen LogP contribution in [0.2, 0.25) is 0 Å². The Morgan fingerprint density at radius 3 is 2.65 bits per heavy atom. The standard InChI is InChI=1S/C17H24N2O/c1-2-3-4-5-6-7-12-20-17-9-8-16(18)14-10-11-19-13-15(14)17/h8-11,13H,2-7,12,18H2,1H3. The number of ether oxygens (including phenoxy) is 1. The van der Waals surface area contributed by atoms with Crippen molar-refractivity contribution in [1.82, 2.24) is 4.98 Å². The van der Waals surface area contributed by atoms with Crippen molar-refractivity contribution in [2.75, 3.05) is 12.3 Å². The highest BCUT2D eigenvalue weighted by atomic mass is 16.5. The summed E-state index contributed by atoms with van der Waals surface area (Å²) in [5, 5.41) is 2.01. The number of hydrogen-bond acceptors (Lipinski definition) is 3. The predicted octanol–water partition coefficient (Wildman–Crippen LogP) is 4.56. The molecular formula is C17H24N2O. The molecule has 0 amide bonds. The van der Waals surface area contributed by atoms with Gasteiger partial charge in [-0.2, -0.15) is 0 Å². The second-order valence-electron chi connectivity index (χ2n) is 5.19. The summed E-state index contributed by atoms with van der Waals surface area (Å²) in [5.74, 6) is 0.885. The molecule has 0 fully saturated rings. The van der Waals surface area contributed by atoms with Crippen LogP contribution in [-0.4, -0.2) is 11.6 Å². The van der Waals surface area contributed by atoms with E-state index in [0.29, 0.717) is 0 Å². The number of nitrogen functional groups attached to an aromatic ring is 1. The zero-order chi connectivity index (χ0) is 14.2. The van der Waals surface area contributed by atoms with Gasteiger partial charge in [-0.3, -0.25) is 4.98 Å². The second kappa shape index (κ2) is 7.73. The van der Waals surface area contributed by atoms with E-state index in [-0.39, 0.29) is 0 Å². The first-order chi connectivity index (χ1) is 9.83. The Bertz CT molecular complexity index is 540. The van der Waals surface area contributed by atoms with Crippen LogP contribution in [0.3, 0.4) is 0 Å². The minimum Gasteiger partial charge on any atom is -0.493 e. The molecule has 20 heavy (non-hydrogen) atoms. The normalized spacial score (nSPS) is 10.8. The molecule has 0 aliphatic carbocycles. The van der Waals surface area contributed by atoms with Crippen molar-refractivity contribution < 1.29 is 4.74 Å². The number of pyridine rings is 1. The third-order valence-corrected chi connectivity index (χ3v) is 3.57. The lowest BCUT2D eigenvalue weighted by Crippen LogP contribution is -1.99. The summed E-state index contributed by atoms with van der Waals surface area (Å²) in [6, 6.07) is 5.78. The van der Waals surface area contributed by atoms with E-state index < -0.39 is 0 Å². The Morgan fingerprint density at radius 1 is 1.00 bits per heavy atom. The van der Waals surface area contributed by atoms with E-state index >= 15 is 0 Å². The number of rotatable bonds is 8. The largest absolute Gasteiger partial charge is 0.493 e. The molecule has 3 heteroatoms. The molecular weight excluding hydrogens is 248 g/mol. The molecule has 3 nitrogen and oxygen atoms in total. The highest BCUT2D eigenvalue weighted by molar-refractivity contribution is 5.96. The van der Waals surface area contributed by atoms with Crippen LogP contribution < -0.4 is 10.5 Å². The molecule has 2 N–H and O–H groups in total. The summed E-state index contributed by atoms with van der Waals surface area (Å²) in [6.45, 7) is 3.00. The molecule has 2 aromatic rings. The van der Waals surface area contributed by atoms with Crippen molar-refractivity contribution in [3.8, 4) is 5.75 Å². The molecule has 0 atom stereocenters. The van der Waals surface area contributed by atoms with Gasteiger partial charge in [-0.05, 0) is 24.6 Å². The fourth-order valence-corrected chi connectivity index (χ4v) is 2.38. The molecule has 0 saturated heterocycles. The van der Waals surface area contributed by atoms with Crippen LogP contribution in [0.4, 0.5) is 5.69 Å². The first-order valence-corrected chi connectivity index (χ1v) is 7.58. The van der Waals surface area contributed by atoms with E-state index in [1.54, 1.807) is 6.20 Å². The van der Waals surface area contributed by atoms with E-state index in [0.717, 1.165) is 35.2 Å². The first kappa shape index (κ1) is 14.6. The van der Waals surface area contributed by atoms with Gasteiger partial charge in [0.05, 0.1) is 6.61 Å². The molecule has 0 bridgehead atoms. The molecule has 1 heterocycles. The van der Waals surface area contributed by atoms with Gasteiger partial charge in [-0.25, -0.2) is 0 Å². The zero-order valence-electron chi connectivity index (χ0n) is 12.3. The van der Waals surface area contributed by atoms with Crippen molar-refractivity contribution in [3.05, 3.63) is 30.6 Å². The number of nitrogens with two attached hydrogens (primary N) is 1. The monoisotopic (exact) mass is 272 g/mol. The van der Waals surface area contributed by atoms with Gasteiger partial charge < -0.3 is 10.5 Å². The molecule has 0 saturated carbocycles. The smallest absolute Gasteiger partial charge is 0.128 e. The quantitative estimate of drug-likeness (QED) is 0.566. The van der Waals surface area contributed by atoms with Gasteiger partial charge in [0.2, 0.25) is 0 Å². The summed E-state index contributed by atoms with van der Waals surface area (Å²) < 4.78 is 5.89. The van der Waals surface area contributed by atoms with Crippen molar-refractivity contribution in [2.24, 2.45) is 0 Å². The van der Waals surface area contributed by atoms with E-state index in [1.807, 2.05) is 24.4 Å². The van der Waals surface area contributed by atoms with Crippen molar-refractivity contribution in [2.45, 2.75) is 45.4 Å². The van der Waals surface area contributed by atoms with Crippen LogP contribution in [0.15, 0.2) is 30.6 Å². The summed E-state index contributed by atoms with van der Waals surface area (Å²) in [4.78, 5) is 4.16. The van der Waals surface area contributed by atoms with Gasteiger partial charge >= 0.3 is 0 Å². The fourth-order valence-electron chi connectivity index (χ4n) is 2.38. The third kappa shape index (κ3) is 3.86. The Kier molecular flexibility index (Phi) is 5.66. The Labute approximate surface area is 121 Å². The maximum Gasteiger partial charge on any atom is 0.128 e. The maximum absolute atomic E-state index is 5.96. The highest BCUT2D eigenvalue weighted by Crippen LogP contribution is 2.29. The minimum absolute atomic E-state index is 0.764. The highest BCUT2D eigenvalue weighted by Gasteiger charge is 2.04. The number of hydrogen-bond donors (Lipinski definition) is 1. The van der Waals surface area contributed by atoms with Gasteiger partial charge in [0.15, 0.2) is 0 Å². The van der Waals surface area contributed by atoms with Gasteiger partial charge in [0, 0.05) is 28.9 Å². The van der Waals surface area contributed by atoms with Crippen LogP contribution in [0.1, 0.15) is 45.4 Å². The van der Waals surface area contributed by atoms with Crippen molar-refractivity contribution in [1.29, 1.82) is 0 Å². The molecule has 108 valence electrons. The van der Waals surface area contributed by atoms with Crippen LogP contribution in [0, 0.1) is 0 Å². The Balaban J connectivity index is 1.86. The number of nitrogens with zero attached hydrogens (tertiary/aromatic N) is 1. The van der Waals surface area contributed by atoms with E-state index in [4.69, 9.17) is 10.5 Å². The Morgan fingerprint density at radius 2 is 1.80 bits per heavy atom. The Hall–Kier alpha value is -1.77. The topological polar surface area (TPSA) is 48.1 Å². The van der Waals surface area contributed by atoms with E-state index in [1.165, 1.54) is 32.1 Å². The number of aromatic nitrogens is 1. The van der Waals surface area contributed by atoms with E-state index in [9.17, 15) is 0 Å². The fraction of sp³-hybridized carbons (Fsp3) is 0.471. The average molecular weight is 272 g/mol. The SMILES string of the molecule is CCCCCCCCOc1ccc(N)c2ccncc12. The van der Waals surface area contributed by atoms with Crippen LogP contribution in [-0.2, 0) is 0 Å². The van der Waals surface area contributed by atoms with Crippen molar-refractivity contribution >= 4 is 16.5 Å². The second-order valence-corrected chi connectivity index (χ2v) is 5.19. The summed E-state index contributed by atoms with van der Waals surface area (Å²) in [6.07, 6.45) is 11.2.